The number of rotatable bonds is 5. The Kier molecular flexibility index (Phi) is 4.54. The third-order valence-corrected chi connectivity index (χ3v) is 4.11. The van der Waals surface area contributed by atoms with Gasteiger partial charge in [-0.1, -0.05) is 12.5 Å². The molecule has 0 saturated heterocycles. The molecule has 0 fully saturated rings. The van der Waals surface area contributed by atoms with Crippen LogP contribution in [-0.4, -0.2) is 13.1 Å². The van der Waals surface area contributed by atoms with Gasteiger partial charge in [0.05, 0.1) is 11.5 Å². The fourth-order valence-corrected chi connectivity index (χ4v) is 2.83. The Morgan fingerprint density at radius 1 is 1.35 bits per heavy atom. The van der Waals surface area contributed by atoms with Crippen molar-refractivity contribution in [2.75, 3.05) is 23.7 Å². The number of nitrogens with zero attached hydrogens (tertiary/aromatic N) is 2. The summed E-state index contributed by atoms with van der Waals surface area (Å²) in [5, 5.41) is 9.03. The molecule has 20 heavy (non-hydrogen) atoms. The number of unbranched alkanes of at least 4 members (excludes halogenated alkanes) is 1. The second-order valence-electron chi connectivity index (χ2n) is 6.43. The van der Waals surface area contributed by atoms with Crippen LogP contribution in [0.25, 0.3) is 0 Å². The number of nitrogen functional groups attached to an aromatic ring is 1. The maximum absolute atomic E-state index is 9.03. The summed E-state index contributed by atoms with van der Waals surface area (Å²) in [6.45, 7) is 6.23. The van der Waals surface area contributed by atoms with Crippen LogP contribution >= 0.6 is 0 Å². The number of hydrogen-bond acceptors (Lipinski definition) is 3. The van der Waals surface area contributed by atoms with Crippen molar-refractivity contribution in [1.29, 1.82) is 5.26 Å². The van der Waals surface area contributed by atoms with Gasteiger partial charge in [0.25, 0.3) is 0 Å². The van der Waals surface area contributed by atoms with Crippen LogP contribution in [0.5, 0.6) is 0 Å². The van der Waals surface area contributed by atoms with E-state index in [0.717, 1.165) is 44.5 Å². The lowest BCUT2D eigenvalue weighted by molar-refractivity contribution is 0.426. The Hall–Kier alpha value is -1.69. The molecule has 1 aromatic rings. The lowest BCUT2D eigenvalue weighted by atomic mass is 9.89. The molecule has 0 unspecified atom stereocenters. The summed E-state index contributed by atoms with van der Waals surface area (Å²) < 4.78 is 0. The standard InChI is InChI=1S/C17H25N3/c1-17(2,13-18)9-3-4-10-20-11-5-6-14-7-8-15(19)12-16(14)20/h7-8,12H,3-6,9-11,19H2,1-2H3. The van der Waals surface area contributed by atoms with Gasteiger partial charge in [-0.15, -0.1) is 0 Å². The molecule has 1 aliphatic heterocycles. The Morgan fingerprint density at radius 2 is 2.15 bits per heavy atom. The second kappa shape index (κ2) is 6.17. The van der Waals surface area contributed by atoms with Gasteiger partial charge in [-0.05, 0) is 57.2 Å². The van der Waals surface area contributed by atoms with Crippen molar-refractivity contribution in [2.24, 2.45) is 5.41 Å². The predicted octanol–water partition coefficient (Wildman–Crippen LogP) is 3.74. The molecule has 0 saturated carbocycles. The third-order valence-electron chi connectivity index (χ3n) is 4.11. The number of aryl methyl sites for hydroxylation is 1. The molecule has 2 N–H and O–H groups in total. The van der Waals surface area contributed by atoms with Crippen LogP contribution in [0.1, 0.15) is 45.1 Å². The second-order valence-corrected chi connectivity index (χ2v) is 6.43. The number of nitrogens with two attached hydrogens (primary N) is 1. The van der Waals surface area contributed by atoms with Gasteiger partial charge < -0.3 is 10.6 Å². The minimum absolute atomic E-state index is 0.190. The molecule has 0 aliphatic carbocycles. The van der Waals surface area contributed by atoms with E-state index in [1.54, 1.807) is 0 Å². The van der Waals surface area contributed by atoms with E-state index >= 15 is 0 Å². The van der Waals surface area contributed by atoms with Crippen molar-refractivity contribution in [3.63, 3.8) is 0 Å². The molecule has 3 heteroatoms. The van der Waals surface area contributed by atoms with Gasteiger partial charge in [-0.3, -0.25) is 0 Å². The van der Waals surface area contributed by atoms with E-state index in [4.69, 9.17) is 11.0 Å². The third kappa shape index (κ3) is 3.66. The van der Waals surface area contributed by atoms with E-state index < -0.39 is 0 Å². The molecule has 0 atom stereocenters. The summed E-state index contributed by atoms with van der Waals surface area (Å²) in [7, 11) is 0. The van der Waals surface area contributed by atoms with Crippen LogP contribution in [0.4, 0.5) is 11.4 Å². The Labute approximate surface area is 122 Å². The van der Waals surface area contributed by atoms with Crippen molar-refractivity contribution in [3.05, 3.63) is 23.8 Å². The number of hydrogen-bond donors (Lipinski definition) is 1. The summed E-state index contributed by atoms with van der Waals surface area (Å²) in [5.74, 6) is 0. The zero-order valence-electron chi connectivity index (χ0n) is 12.7. The maximum Gasteiger partial charge on any atom is 0.0683 e. The molecule has 1 aliphatic rings. The zero-order valence-corrected chi connectivity index (χ0v) is 12.7. The van der Waals surface area contributed by atoms with Crippen molar-refractivity contribution in [1.82, 2.24) is 0 Å². The average molecular weight is 271 g/mol. The summed E-state index contributed by atoms with van der Waals surface area (Å²) >= 11 is 0. The van der Waals surface area contributed by atoms with E-state index in [-0.39, 0.29) is 5.41 Å². The molecule has 0 amide bonds. The first-order valence-electron chi connectivity index (χ1n) is 7.56. The van der Waals surface area contributed by atoms with Crippen LogP contribution in [0, 0.1) is 16.7 Å². The van der Waals surface area contributed by atoms with E-state index in [2.05, 4.69) is 23.1 Å². The number of benzene rings is 1. The molecule has 1 aromatic carbocycles. The smallest absolute Gasteiger partial charge is 0.0683 e. The van der Waals surface area contributed by atoms with Crippen molar-refractivity contribution < 1.29 is 0 Å². The molecule has 108 valence electrons. The van der Waals surface area contributed by atoms with Gasteiger partial charge in [0, 0.05) is 24.5 Å². The van der Waals surface area contributed by atoms with E-state index in [0.29, 0.717) is 0 Å². The molecule has 0 radical (unpaired) electrons. The molecular weight excluding hydrogens is 246 g/mol. The van der Waals surface area contributed by atoms with Crippen molar-refractivity contribution in [2.45, 2.75) is 46.0 Å². The predicted molar refractivity (Wildman–Crippen MR) is 84.6 cm³/mol. The fraction of sp³-hybridized carbons (Fsp3) is 0.588. The van der Waals surface area contributed by atoms with Gasteiger partial charge >= 0.3 is 0 Å². The van der Waals surface area contributed by atoms with Crippen LogP contribution in [0.3, 0.4) is 0 Å². The molecule has 0 aromatic heterocycles. The van der Waals surface area contributed by atoms with E-state index in [1.807, 2.05) is 19.9 Å². The van der Waals surface area contributed by atoms with E-state index in [1.165, 1.54) is 17.7 Å². The molecule has 0 bridgehead atoms. The first-order chi connectivity index (χ1) is 9.52. The van der Waals surface area contributed by atoms with Crippen molar-refractivity contribution in [3.8, 4) is 6.07 Å². The highest BCUT2D eigenvalue weighted by Gasteiger charge is 2.18. The lowest BCUT2D eigenvalue weighted by Crippen LogP contribution is -2.30. The quantitative estimate of drug-likeness (QED) is 0.655. The van der Waals surface area contributed by atoms with Crippen LogP contribution < -0.4 is 10.6 Å². The Bertz CT molecular complexity index is 499. The minimum atomic E-state index is -0.190. The number of anilines is 2. The number of fused-ring (bicyclic) bond motifs is 1. The topological polar surface area (TPSA) is 53.0 Å². The first-order valence-corrected chi connectivity index (χ1v) is 7.56. The van der Waals surface area contributed by atoms with Gasteiger partial charge in [0.15, 0.2) is 0 Å². The largest absolute Gasteiger partial charge is 0.399 e. The van der Waals surface area contributed by atoms with Gasteiger partial charge in [0.2, 0.25) is 0 Å². The summed E-state index contributed by atoms with van der Waals surface area (Å²) in [6, 6.07) is 8.64. The molecule has 0 spiro atoms. The molecule has 1 heterocycles. The molecule has 3 nitrogen and oxygen atoms in total. The van der Waals surface area contributed by atoms with Gasteiger partial charge in [-0.2, -0.15) is 5.26 Å². The average Bonchev–Trinajstić information content (AvgIpc) is 2.44. The fourth-order valence-electron chi connectivity index (χ4n) is 2.83. The Balaban J connectivity index is 1.89. The van der Waals surface area contributed by atoms with Crippen LogP contribution in [-0.2, 0) is 6.42 Å². The first kappa shape index (κ1) is 14.7. The Morgan fingerprint density at radius 3 is 2.90 bits per heavy atom. The molecule has 2 rings (SSSR count). The highest BCUT2D eigenvalue weighted by atomic mass is 15.1. The molecular formula is C17H25N3. The van der Waals surface area contributed by atoms with E-state index in [9.17, 15) is 0 Å². The minimum Gasteiger partial charge on any atom is -0.399 e. The van der Waals surface area contributed by atoms with Crippen LogP contribution in [0.15, 0.2) is 18.2 Å². The normalized spacial score (nSPS) is 14.8. The summed E-state index contributed by atoms with van der Waals surface area (Å²) in [5.41, 5.74) is 9.30. The lowest BCUT2D eigenvalue weighted by Gasteiger charge is -2.31. The highest BCUT2D eigenvalue weighted by Crippen LogP contribution is 2.29. The number of nitriles is 1. The maximum atomic E-state index is 9.03. The summed E-state index contributed by atoms with van der Waals surface area (Å²) in [4.78, 5) is 2.45. The van der Waals surface area contributed by atoms with Crippen molar-refractivity contribution >= 4 is 11.4 Å². The SMILES string of the molecule is CC(C)(C#N)CCCCN1CCCc2ccc(N)cc21. The van der Waals surface area contributed by atoms with Crippen LogP contribution in [0.2, 0.25) is 0 Å². The van der Waals surface area contributed by atoms with Gasteiger partial charge in [0.1, 0.15) is 0 Å². The van der Waals surface area contributed by atoms with Gasteiger partial charge in [-0.25, -0.2) is 0 Å². The zero-order chi connectivity index (χ0) is 14.6. The summed E-state index contributed by atoms with van der Waals surface area (Å²) in [6.07, 6.45) is 5.60. The monoisotopic (exact) mass is 271 g/mol. The highest BCUT2D eigenvalue weighted by molar-refractivity contribution is 5.62.